The minimum Gasteiger partial charge on any atom is -0.365 e. The number of para-hydroxylation sites is 2. The monoisotopic (exact) mass is 287 g/mol. The fourth-order valence-corrected chi connectivity index (χ4v) is 2.84. The molecule has 21 heavy (non-hydrogen) atoms. The molecule has 1 aliphatic rings. The second-order valence-corrected chi connectivity index (χ2v) is 5.31. The third-order valence-corrected chi connectivity index (χ3v) is 3.82. The summed E-state index contributed by atoms with van der Waals surface area (Å²) >= 11 is 0. The van der Waals surface area contributed by atoms with Crippen molar-refractivity contribution in [2.24, 2.45) is 0 Å². The molecule has 1 fully saturated rings. The lowest BCUT2D eigenvalue weighted by Crippen LogP contribution is -2.35. The van der Waals surface area contributed by atoms with Gasteiger partial charge in [0.1, 0.15) is 11.5 Å². The van der Waals surface area contributed by atoms with Crippen LogP contribution in [0.1, 0.15) is 30.4 Å². The first-order valence-electron chi connectivity index (χ1n) is 7.02. The molecule has 1 aromatic carbocycles. The molecule has 7 heteroatoms. The minimum absolute atomic E-state index is 0.157. The van der Waals surface area contributed by atoms with Crippen LogP contribution in [0.15, 0.2) is 24.3 Å². The van der Waals surface area contributed by atoms with E-state index in [-0.39, 0.29) is 16.5 Å². The van der Waals surface area contributed by atoms with E-state index in [1.807, 2.05) is 19.1 Å². The van der Waals surface area contributed by atoms with Gasteiger partial charge in [-0.3, -0.25) is 15.2 Å². The molecule has 0 aliphatic carbocycles. The maximum absolute atomic E-state index is 11.2. The maximum atomic E-state index is 11.2. The molecule has 1 N–H and O–H groups in total. The zero-order chi connectivity index (χ0) is 14.8. The third-order valence-electron chi connectivity index (χ3n) is 3.82. The lowest BCUT2D eigenvalue weighted by molar-refractivity contribution is -0.384. The highest BCUT2D eigenvalue weighted by Crippen LogP contribution is 2.33. The summed E-state index contributed by atoms with van der Waals surface area (Å²) in [5, 5.41) is 18.3. The number of nitrogens with one attached hydrogen (secondary N) is 1. The van der Waals surface area contributed by atoms with Gasteiger partial charge in [-0.1, -0.05) is 12.1 Å². The highest BCUT2D eigenvalue weighted by atomic mass is 16.6. The highest BCUT2D eigenvalue weighted by molar-refractivity contribution is 5.63. The van der Waals surface area contributed by atoms with E-state index in [0.717, 1.165) is 31.0 Å². The van der Waals surface area contributed by atoms with Crippen molar-refractivity contribution < 1.29 is 4.92 Å². The van der Waals surface area contributed by atoms with Crippen LogP contribution in [0.3, 0.4) is 0 Å². The topological polar surface area (TPSA) is 87.9 Å². The number of rotatable bonds is 3. The minimum atomic E-state index is -0.324. The van der Waals surface area contributed by atoms with Crippen molar-refractivity contribution in [1.82, 2.24) is 15.2 Å². The second kappa shape index (κ2) is 5.51. The van der Waals surface area contributed by atoms with E-state index >= 15 is 0 Å². The van der Waals surface area contributed by atoms with Gasteiger partial charge in [-0.15, -0.1) is 0 Å². The van der Waals surface area contributed by atoms with Crippen LogP contribution in [0.25, 0.3) is 0 Å². The second-order valence-electron chi connectivity index (χ2n) is 5.31. The summed E-state index contributed by atoms with van der Waals surface area (Å²) in [5.74, 6) is 1.81. The SMILES string of the molecule is Cc1nc(C2CCCN(c3ccccc3[N+](=O)[O-])C2)n[nH]1. The van der Waals surface area contributed by atoms with Crippen molar-refractivity contribution in [1.29, 1.82) is 0 Å². The van der Waals surface area contributed by atoms with Crippen molar-refractivity contribution in [2.45, 2.75) is 25.7 Å². The number of benzene rings is 1. The van der Waals surface area contributed by atoms with Crippen LogP contribution in [0.5, 0.6) is 0 Å². The Hall–Kier alpha value is -2.44. The first-order valence-corrected chi connectivity index (χ1v) is 7.02. The zero-order valence-corrected chi connectivity index (χ0v) is 11.8. The number of nitro groups is 1. The van der Waals surface area contributed by atoms with E-state index in [1.54, 1.807) is 12.1 Å². The number of aryl methyl sites for hydroxylation is 1. The maximum Gasteiger partial charge on any atom is 0.292 e. The van der Waals surface area contributed by atoms with Crippen molar-refractivity contribution in [2.75, 3.05) is 18.0 Å². The van der Waals surface area contributed by atoms with Gasteiger partial charge in [0.05, 0.1) is 4.92 Å². The summed E-state index contributed by atoms with van der Waals surface area (Å²) in [7, 11) is 0. The van der Waals surface area contributed by atoms with E-state index in [0.29, 0.717) is 12.2 Å². The fourth-order valence-electron chi connectivity index (χ4n) is 2.84. The first-order chi connectivity index (χ1) is 10.1. The summed E-state index contributed by atoms with van der Waals surface area (Å²) in [6, 6.07) is 6.89. The van der Waals surface area contributed by atoms with Crippen LogP contribution >= 0.6 is 0 Å². The van der Waals surface area contributed by atoms with Gasteiger partial charge in [0.15, 0.2) is 5.82 Å². The number of anilines is 1. The standard InChI is InChI=1S/C14H17N5O2/c1-10-15-14(17-16-10)11-5-4-8-18(9-11)12-6-2-3-7-13(12)19(20)21/h2-3,6-7,11H,4-5,8-9H2,1H3,(H,15,16,17). The first kappa shape index (κ1) is 13.5. The lowest BCUT2D eigenvalue weighted by Gasteiger charge is -2.32. The van der Waals surface area contributed by atoms with Crippen molar-refractivity contribution >= 4 is 11.4 Å². The van der Waals surface area contributed by atoms with Crippen LogP contribution in [-0.4, -0.2) is 33.2 Å². The van der Waals surface area contributed by atoms with Crippen molar-refractivity contribution in [3.63, 3.8) is 0 Å². The Morgan fingerprint density at radius 1 is 1.43 bits per heavy atom. The molecule has 0 spiro atoms. The molecule has 0 radical (unpaired) electrons. The van der Waals surface area contributed by atoms with Gasteiger partial charge in [-0.25, -0.2) is 4.98 Å². The molecular formula is C14H17N5O2. The molecule has 1 aromatic heterocycles. The van der Waals surface area contributed by atoms with Gasteiger partial charge in [0.25, 0.3) is 5.69 Å². The van der Waals surface area contributed by atoms with E-state index in [2.05, 4.69) is 20.1 Å². The van der Waals surface area contributed by atoms with Crippen LogP contribution in [0.2, 0.25) is 0 Å². The molecule has 0 saturated carbocycles. The molecule has 7 nitrogen and oxygen atoms in total. The van der Waals surface area contributed by atoms with E-state index in [4.69, 9.17) is 0 Å². The Balaban J connectivity index is 1.85. The van der Waals surface area contributed by atoms with E-state index in [9.17, 15) is 10.1 Å². The molecule has 1 unspecified atom stereocenters. The fraction of sp³-hybridized carbons (Fsp3) is 0.429. The molecule has 1 aliphatic heterocycles. The largest absolute Gasteiger partial charge is 0.365 e. The van der Waals surface area contributed by atoms with E-state index < -0.39 is 0 Å². The smallest absolute Gasteiger partial charge is 0.292 e. The van der Waals surface area contributed by atoms with Crippen LogP contribution < -0.4 is 4.90 Å². The predicted octanol–water partition coefficient (Wildman–Crippen LogP) is 2.41. The zero-order valence-electron chi connectivity index (χ0n) is 11.8. The third kappa shape index (κ3) is 2.72. The van der Waals surface area contributed by atoms with Crippen molar-refractivity contribution in [3.8, 4) is 0 Å². The molecular weight excluding hydrogens is 270 g/mol. The number of aromatic amines is 1. The average molecular weight is 287 g/mol. The molecule has 0 amide bonds. The normalized spacial score (nSPS) is 18.7. The van der Waals surface area contributed by atoms with Crippen LogP contribution in [-0.2, 0) is 0 Å². The number of nitro benzene ring substituents is 1. The Labute approximate surface area is 122 Å². The van der Waals surface area contributed by atoms with Gasteiger partial charge >= 0.3 is 0 Å². The molecule has 0 bridgehead atoms. The summed E-state index contributed by atoms with van der Waals surface area (Å²) in [4.78, 5) is 17.3. The molecule has 1 atom stereocenters. The number of piperidine rings is 1. The molecule has 2 aromatic rings. The Morgan fingerprint density at radius 3 is 2.95 bits per heavy atom. The van der Waals surface area contributed by atoms with Gasteiger partial charge in [-0.05, 0) is 25.8 Å². The molecule has 2 heterocycles. The summed E-state index contributed by atoms with van der Waals surface area (Å²) in [5.41, 5.74) is 0.837. The Kier molecular flexibility index (Phi) is 3.55. The molecule has 1 saturated heterocycles. The number of nitrogens with zero attached hydrogens (tertiary/aromatic N) is 4. The van der Waals surface area contributed by atoms with E-state index in [1.165, 1.54) is 0 Å². The summed E-state index contributed by atoms with van der Waals surface area (Å²) in [6.45, 7) is 3.41. The van der Waals surface area contributed by atoms with Crippen LogP contribution in [0.4, 0.5) is 11.4 Å². The molecule has 110 valence electrons. The van der Waals surface area contributed by atoms with Gasteiger partial charge in [0, 0.05) is 25.1 Å². The van der Waals surface area contributed by atoms with Gasteiger partial charge in [-0.2, -0.15) is 5.10 Å². The van der Waals surface area contributed by atoms with Gasteiger partial charge < -0.3 is 4.90 Å². The summed E-state index contributed by atoms with van der Waals surface area (Å²) < 4.78 is 0. The summed E-state index contributed by atoms with van der Waals surface area (Å²) in [6.07, 6.45) is 1.98. The molecule has 3 rings (SSSR count). The Morgan fingerprint density at radius 2 is 2.24 bits per heavy atom. The number of H-pyrrole nitrogens is 1. The Bertz CT molecular complexity index is 654. The van der Waals surface area contributed by atoms with Crippen molar-refractivity contribution in [3.05, 3.63) is 46.0 Å². The number of hydrogen-bond acceptors (Lipinski definition) is 5. The lowest BCUT2D eigenvalue weighted by atomic mass is 9.96. The predicted molar refractivity (Wildman–Crippen MR) is 78.4 cm³/mol. The highest BCUT2D eigenvalue weighted by Gasteiger charge is 2.27. The van der Waals surface area contributed by atoms with Crippen LogP contribution in [0, 0.1) is 17.0 Å². The quantitative estimate of drug-likeness (QED) is 0.691. The number of aromatic nitrogens is 3. The van der Waals surface area contributed by atoms with Gasteiger partial charge in [0.2, 0.25) is 0 Å². The number of hydrogen-bond donors (Lipinski definition) is 1. The average Bonchev–Trinajstić information content (AvgIpc) is 2.94.